The molecule has 1 heterocycles. The number of hydrogen-bond donors (Lipinski definition) is 0. The highest BCUT2D eigenvalue weighted by atomic mass is 16.5. The van der Waals surface area contributed by atoms with Crippen LogP contribution in [0.1, 0.15) is 97.3 Å². The van der Waals surface area contributed by atoms with Crippen molar-refractivity contribution in [2.75, 3.05) is 0 Å². The Morgan fingerprint density at radius 2 is 1.40 bits per heavy atom. The Labute approximate surface area is 127 Å². The molecule has 2 atom stereocenters. The average Bonchev–Trinajstić information content (AvgIpc) is 2.47. The molecule has 1 heteroatoms. The van der Waals surface area contributed by atoms with Crippen LogP contribution >= 0.6 is 0 Å². The zero-order valence-electron chi connectivity index (χ0n) is 13.9. The SMILES string of the molecule is CCCCCCC[C@H]1CC=C[C@H](CCCCCCC)O1. The molecule has 0 aliphatic carbocycles. The summed E-state index contributed by atoms with van der Waals surface area (Å²) in [6.07, 6.45) is 22.9. The highest BCUT2D eigenvalue weighted by Gasteiger charge is 2.17. The fourth-order valence-electron chi connectivity index (χ4n) is 3.01. The molecule has 20 heavy (non-hydrogen) atoms. The number of hydrogen-bond acceptors (Lipinski definition) is 1. The van der Waals surface area contributed by atoms with E-state index in [9.17, 15) is 0 Å². The molecule has 0 unspecified atom stereocenters. The summed E-state index contributed by atoms with van der Waals surface area (Å²) in [5.41, 5.74) is 0. The number of unbranched alkanes of at least 4 members (excludes halogenated alkanes) is 8. The highest BCUT2D eigenvalue weighted by molar-refractivity contribution is 4.96. The van der Waals surface area contributed by atoms with Crippen molar-refractivity contribution in [3.05, 3.63) is 12.2 Å². The van der Waals surface area contributed by atoms with Crippen molar-refractivity contribution >= 4 is 0 Å². The van der Waals surface area contributed by atoms with Crippen LogP contribution < -0.4 is 0 Å². The molecule has 0 aromatic heterocycles. The van der Waals surface area contributed by atoms with E-state index in [0.29, 0.717) is 12.2 Å². The molecule has 0 saturated carbocycles. The molecule has 1 rings (SSSR count). The molecule has 0 saturated heterocycles. The average molecular weight is 280 g/mol. The van der Waals surface area contributed by atoms with Crippen molar-refractivity contribution in [3.63, 3.8) is 0 Å². The van der Waals surface area contributed by atoms with Gasteiger partial charge in [-0.25, -0.2) is 0 Å². The largest absolute Gasteiger partial charge is 0.371 e. The van der Waals surface area contributed by atoms with E-state index in [1.54, 1.807) is 0 Å². The van der Waals surface area contributed by atoms with Crippen molar-refractivity contribution in [3.8, 4) is 0 Å². The van der Waals surface area contributed by atoms with Crippen LogP contribution in [0.25, 0.3) is 0 Å². The van der Waals surface area contributed by atoms with E-state index in [2.05, 4.69) is 26.0 Å². The first-order valence-corrected chi connectivity index (χ1v) is 9.19. The van der Waals surface area contributed by atoms with Gasteiger partial charge in [0.25, 0.3) is 0 Å². The number of ether oxygens (including phenoxy) is 1. The minimum atomic E-state index is 0.408. The Balaban J connectivity index is 2.03. The molecule has 1 nitrogen and oxygen atoms in total. The summed E-state index contributed by atoms with van der Waals surface area (Å²) >= 11 is 0. The van der Waals surface area contributed by atoms with Gasteiger partial charge in [-0.15, -0.1) is 0 Å². The maximum absolute atomic E-state index is 6.21. The zero-order valence-corrected chi connectivity index (χ0v) is 13.9. The van der Waals surface area contributed by atoms with Crippen LogP contribution in [-0.2, 0) is 4.74 Å². The van der Waals surface area contributed by atoms with Gasteiger partial charge in [-0.05, 0) is 19.3 Å². The maximum atomic E-state index is 6.21. The second-order valence-corrected chi connectivity index (χ2v) is 6.37. The lowest BCUT2D eigenvalue weighted by molar-refractivity contribution is -0.00433. The van der Waals surface area contributed by atoms with Gasteiger partial charge in [0, 0.05) is 0 Å². The predicted octanol–water partition coefficient (Wildman–Crippen LogP) is 6.42. The predicted molar refractivity (Wildman–Crippen MR) is 89.2 cm³/mol. The molecule has 0 fully saturated rings. The van der Waals surface area contributed by atoms with Crippen LogP contribution in [0.4, 0.5) is 0 Å². The van der Waals surface area contributed by atoms with Crippen molar-refractivity contribution in [1.29, 1.82) is 0 Å². The molecule has 118 valence electrons. The maximum Gasteiger partial charge on any atom is 0.0759 e. The molecule has 0 amide bonds. The van der Waals surface area contributed by atoms with E-state index in [1.165, 1.54) is 77.0 Å². The van der Waals surface area contributed by atoms with Gasteiger partial charge < -0.3 is 4.74 Å². The topological polar surface area (TPSA) is 9.23 Å². The van der Waals surface area contributed by atoms with Crippen LogP contribution in [0.2, 0.25) is 0 Å². The van der Waals surface area contributed by atoms with Crippen LogP contribution in [-0.4, -0.2) is 12.2 Å². The van der Waals surface area contributed by atoms with Crippen molar-refractivity contribution < 1.29 is 4.74 Å². The standard InChI is InChI=1S/C19H36O/c1-3-5-7-9-11-14-18-16-13-17-19(20-18)15-12-10-8-6-4-2/h13,16,18-19H,3-12,14-15,17H2,1-2H3/t18-,19-/m0/s1. The third kappa shape index (κ3) is 8.79. The lowest BCUT2D eigenvalue weighted by Crippen LogP contribution is -2.24. The quantitative estimate of drug-likeness (QED) is 0.296. The second-order valence-electron chi connectivity index (χ2n) is 6.37. The van der Waals surface area contributed by atoms with Gasteiger partial charge in [-0.1, -0.05) is 90.2 Å². The summed E-state index contributed by atoms with van der Waals surface area (Å²) in [5, 5.41) is 0. The smallest absolute Gasteiger partial charge is 0.0759 e. The Kier molecular flexibility index (Phi) is 11.0. The normalized spacial score (nSPS) is 22.3. The van der Waals surface area contributed by atoms with E-state index < -0.39 is 0 Å². The van der Waals surface area contributed by atoms with Gasteiger partial charge in [-0.3, -0.25) is 0 Å². The molecule has 0 N–H and O–H groups in total. The molecular weight excluding hydrogens is 244 g/mol. The van der Waals surface area contributed by atoms with E-state index in [4.69, 9.17) is 4.74 Å². The molecule has 0 bridgehead atoms. The molecule has 0 spiro atoms. The van der Waals surface area contributed by atoms with E-state index in [1.807, 2.05) is 0 Å². The van der Waals surface area contributed by atoms with Crippen LogP contribution in [0.3, 0.4) is 0 Å². The van der Waals surface area contributed by atoms with E-state index in [0.717, 1.165) is 6.42 Å². The molecule has 1 aliphatic rings. The first-order valence-electron chi connectivity index (χ1n) is 9.19. The summed E-state index contributed by atoms with van der Waals surface area (Å²) in [4.78, 5) is 0. The molecule has 0 aromatic rings. The molecular formula is C19H36O. The van der Waals surface area contributed by atoms with Crippen molar-refractivity contribution in [2.24, 2.45) is 0 Å². The minimum Gasteiger partial charge on any atom is -0.371 e. The van der Waals surface area contributed by atoms with Gasteiger partial charge in [0.2, 0.25) is 0 Å². The lowest BCUT2D eigenvalue weighted by Gasteiger charge is -2.26. The van der Waals surface area contributed by atoms with Crippen LogP contribution in [0.15, 0.2) is 12.2 Å². The molecule has 0 aromatic carbocycles. The fourth-order valence-corrected chi connectivity index (χ4v) is 3.01. The van der Waals surface area contributed by atoms with E-state index >= 15 is 0 Å². The third-order valence-corrected chi connectivity index (χ3v) is 4.34. The lowest BCUT2D eigenvalue weighted by atomic mass is 10.0. The zero-order chi connectivity index (χ0) is 14.5. The third-order valence-electron chi connectivity index (χ3n) is 4.34. The fraction of sp³-hybridized carbons (Fsp3) is 0.895. The molecule has 1 aliphatic heterocycles. The Morgan fingerprint density at radius 1 is 0.800 bits per heavy atom. The summed E-state index contributed by atoms with van der Waals surface area (Å²) in [6.45, 7) is 4.55. The summed E-state index contributed by atoms with van der Waals surface area (Å²) in [5.74, 6) is 0. The monoisotopic (exact) mass is 280 g/mol. The van der Waals surface area contributed by atoms with Crippen molar-refractivity contribution in [1.82, 2.24) is 0 Å². The van der Waals surface area contributed by atoms with Gasteiger partial charge in [0.1, 0.15) is 0 Å². The summed E-state index contributed by atoms with van der Waals surface area (Å²) < 4.78 is 6.21. The van der Waals surface area contributed by atoms with Crippen LogP contribution in [0.5, 0.6) is 0 Å². The van der Waals surface area contributed by atoms with Gasteiger partial charge in [0.15, 0.2) is 0 Å². The van der Waals surface area contributed by atoms with Crippen LogP contribution in [0, 0.1) is 0 Å². The molecule has 0 radical (unpaired) electrons. The first-order chi connectivity index (χ1) is 9.86. The van der Waals surface area contributed by atoms with Gasteiger partial charge >= 0.3 is 0 Å². The minimum absolute atomic E-state index is 0.408. The van der Waals surface area contributed by atoms with E-state index in [-0.39, 0.29) is 0 Å². The Hall–Kier alpha value is -0.300. The highest BCUT2D eigenvalue weighted by Crippen LogP contribution is 2.21. The summed E-state index contributed by atoms with van der Waals surface area (Å²) in [6, 6.07) is 0. The second kappa shape index (κ2) is 12.4. The van der Waals surface area contributed by atoms with Gasteiger partial charge in [-0.2, -0.15) is 0 Å². The Bertz CT molecular complexity index is 234. The Morgan fingerprint density at radius 3 is 2.05 bits per heavy atom. The first kappa shape index (κ1) is 17.8. The number of rotatable bonds is 12. The summed E-state index contributed by atoms with van der Waals surface area (Å²) in [7, 11) is 0. The van der Waals surface area contributed by atoms with Gasteiger partial charge in [0.05, 0.1) is 12.2 Å². The van der Waals surface area contributed by atoms with Crippen molar-refractivity contribution in [2.45, 2.75) is 110 Å².